The van der Waals surface area contributed by atoms with Crippen molar-refractivity contribution in [1.29, 1.82) is 0 Å². The van der Waals surface area contributed by atoms with Crippen LogP contribution in [0.4, 0.5) is 5.00 Å². The van der Waals surface area contributed by atoms with Crippen LogP contribution in [0.2, 0.25) is 5.02 Å². The summed E-state index contributed by atoms with van der Waals surface area (Å²) in [6, 6.07) is 17.9. The van der Waals surface area contributed by atoms with E-state index in [9.17, 15) is 0 Å². The monoisotopic (exact) mass is 332 g/mol. The van der Waals surface area contributed by atoms with Crippen molar-refractivity contribution in [2.24, 2.45) is 0 Å². The van der Waals surface area contributed by atoms with E-state index in [2.05, 4.69) is 4.98 Å². The van der Waals surface area contributed by atoms with Crippen molar-refractivity contribution in [3.8, 4) is 11.3 Å². The first-order chi connectivity index (χ1) is 10.2. The van der Waals surface area contributed by atoms with Crippen molar-refractivity contribution < 1.29 is 0 Å². The van der Waals surface area contributed by atoms with Gasteiger partial charge in [-0.3, -0.25) is 0 Å². The number of halogens is 1. The summed E-state index contributed by atoms with van der Waals surface area (Å²) in [6.45, 7) is 0. The lowest BCUT2D eigenvalue weighted by Crippen LogP contribution is -1.85. The van der Waals surface area contributed by atoms with Crippen molar-refractivity contribution in [1.82, 2.24) is 4.98 Å². The Hall–Kier alpha value is -1.49. The van der Waals surface area contributed by atoms with Crippen LogP contribution in [-0.4, -0.2) is 4.98 Å². The lowest BCUT2D eigenvalue weighted by Gasteiger charge is -1.99. The standard InChI is InChI=1S/C16H13ClN2S2/c17-13-8-6-11(7-9-13)10-20-16-19-14(15(18)21-16)12-4-2-1-3-5-12/h1-9H,10,18H2. The van der Waals surface area contributed by atoms with Gasteiger partial charge in [0.15, 0.2) is 4.34 Å². The van der Waals surface area contributed by atoms with Gasteiger partial charge >= 0.3 is 0 Å². The molecule has 2 N–H and O–H groups in total. The molecule has 0 amide bonds. The molecule has 0 saturated carbocycles. The summed E-state index contributed by atoms with van der Waals surface area (Å²) in [7, 11) is 0. The Kier molecular flexibility index (Phi) is 4.48. The number of rotatable bonds is 4. The van der Waals surface area contributed by atoms with Crippen LogP contribution < -0.4 is 5.73 Å². The Balaban J connectivity index is 1.74. The SMILES string of the molecule is Nc1sc(SCc2ccc(Cl)cc2)nc1-c1ccccc1. The van der Waals surface area contributed by atoms with Gasteiger partial charge in [0.1, 0.15) is 10.7 Å². The number of anilines is 1. The third-order valence-corrected chi connectivity index (χ3v) is 5.31. The van der Waals surface area contributed by atoms with E-state index in [-0.39, 0.29) is 0 Å². The second-order valence-electron chi connectivity index (χ2n) is 4.47. The third kappa shape index (κ3) is 3.59. The fraction of sp³-hybridized carbons (Fsp3) is 0.0625. The Morgan fingerprint density at radius 3 is 2.48 bits per heavy atom. The molecule has 0 radical (unpaired) electrons. The molecule has 1 aromatic heterocycles. The Morgan fingerprint density at radius 2 is 1.76 bits per heavy atom. The van der Waals surface area contributed by atoms with E-state index in [4.69, 9.17) is 17.3 Å². The number of thiazole rings is 1. The average molecular weight is 333 g/mol. The van der Waals surface area contributed by atoms with Gasteiger partial charge in [-0.15, -0.1) is 0 Å². The molecule has 5 heteroatoms. The zero-order valence-corrected chi connectivity index (χ0v) is 13.5. The van der Waals surface area contributed by atoms with E-state index in [1.54, 1.807) is 11.8 Å². The molecule has 0 saturated heterocycles. The number of hydrogen-bond acceptors (Lipinski definition) is 4. The highest BCUT2D eigenvalue weighted by Crippen LogP contribution is 2.36. The fourth-order valence-corrected chi connectivity index (χ4v) is 3.93. The van der Waals surface area contributed by atoms with E-state index >= 15 is 0 Å². The number of thioether (sulfide) groups is 1. The molecule has 0 spiro atoms. The van der Waals surface area contributed by atoms with Crippen LogP contribution in [0.25, 0.3) is 11.3 Å². The minimum Gasteiger partial charge on any atom is -0.389 e. The third-order valence-electron chi connectivity index (χ3n) is 2.96. The van der Waals surface area contributed by atoms with Crippen LogP contribution in [0.3, 0.4) is 0 Å². The molecule has 0 aliphatic heterocycles. The summed E-state index contributed by atoms with van der Waals surface area (Å²) in [5, 5.41) is 1.52. The van der Waals surface area contributed by atoms with Gasteiger partial charge in [0.2, 0.25) is 0 Å². The van der Waals surface area contributed by atoms with E-state index < -0.39 is 0 Å². The lowest BCUT2D eigenvalue weighted by molar-refractivity contribution is 1.25. The topological polar surface area (TPSA) is 38.9 Å². The van der Waals surface area contributed by atoms with Gasteiger partial charge < -0.3 is 5.73 Å². The molecule has 21 heavy (non-hydrogen) atoms. The number of nitrogens with two attached hydrogens (primary N) is 1. The molecule has 0 aliphatic carbocycles. The smallest absolute Gasteiger partial charge is 0.152 e. The molecule has 3 aromatic rings. The van der Waals surface area contributed by atoms with E-state index in [0.717, 1.165) is 31.4 Å². The van der Waals surface area contributed by atoms with Crippen LogP contribution in [0.5, 0.6) is 0 Å². The molecule has 2 nitrogen and oxygen atoms in total. The fourth-order valence-electron chi connectivity index (χ4n) is 1.90. The summed E-state index contributed by atoms with van der Waals surface area (Å²) >= 11 is 9.12. The van der Waals surface area contributed by atoms with Crippen molar-refractivity contribution in [2.45, 2.75) is 10.1 Å². The van der Waals surface area contributed by atoms with E-state index in [1.807, 2.05) is 54.6 Å². The number of benzene rings is 2. The molecule has 0 bridgehead atoms. The molecular formula is C16H13ClN2S2. The van der Waals surface area contributed by atoms with Crippen LogP contribution in [0.1, 0.15) is 5.56 Å². The number of nitrogens with zero attached hydrogens (tertiary/aromatic N) is 1. The maximum atomic E-state index is 6.09. The van der Waals surface area contributed by atoms with Crippen molar-refractivity contribution >= 4 is 39.7 Å². The minimum atomic E-state index is 0.758. The molecule has 0 fully saturated rings. The molecule has 0 aliphatic rings. The maximum Gasteiger partial charge on any atom is 0.152 e. The molecule has 3 rings (SSSR count). The Labute approximate surface area is 137 Å². The normalized spacial score (nSPS) is 10.7. The number of hydrogen-bond donors (Lipinski definition) is 1. The predicted molar refractivity (Wildman–Crippen MR) is 93.0 cm³/mol. The second-order valence-corrected chi connectivity index (χ2v) is 7.16. The molecule has 106 valence electrons. The molecule has 0 unspecified atom stereocenters. The van der Waals surface area contributed by atoms with Gasteiger partial charge in [-0.1, -0.05) is 77.2 Å². The van der Waals surface area contributed by atoms with Crippen LogP contribution in [0, 0.1) is 0 Å². The van der Waals surface area contributed by atoms with Gasteiger partial charge in [0, 0.05) is 16.3 Å². The van der Waals surface area contributed by atoms with Gasteiger partial charge in [-0.2, -0.15) is 0 Å². The largest absolute Gasteiger partial charge is 0.389 e. The van der Waals surface area contributed by atoms with E-state index in [0.29, 0.717) is 0 Å². The van der Waals surface area contributed by atoms with Crippen molar-refractivity contribution in [3.63, 3.8) is 0 Å². The van der Waals surface area contributed by atoms with Crippen molar-refractivity contribution in [2.75, 3.05) is 5.73 Å². The zero-order valence-electron chi connectivity index (χ0n) is 11.1. The minimum absolute atomic E-state index is 0.758. The highest BCUT2D eigenvalue weighted by molar-refractivity contribution is 8.00. The average Bonchev–Trinajstić information content (AvgIpc) is 2.89. The lowest BCUT2D eigenvalue weighted by atomic mass is 10.2. The van der Waals surface area contributed by atoms with Gasteiger partial charge in [-0.05, 0) is 17.7 Å². The number of nitrogen functional groups attached to an aromatic ring is 1. The van der Waals surface area contributed by atoms with Gasteiger partial charge in [0.05, 0.1) is 0 Å². The Bertz CT molecular complexity index is 724. The van der Waals surface area contributed by atoms with Gasteiger partial charge in [0.25, 0.3) is 0 Å². The Morgan fingerprint density at radius 1 is 1.05 bits per heavy atom. The van der Waals surface area contributed by atoms with Crippen LogP contribution in [-0.2, 0) is 5.75 Å². The summed E-state index contributed by atoms with van der Waals surface area (Å²) in [6.07, 6.45) is 0. The molecule has 1 heterocycles. The summed E-state index contributed by atoms with van der Waals surface area (Å²) in [4.78, 5) is 4.64. The van der Waals surface area contributed by atoms with Crippen molar-refractivity contribution in [3.05, 3.63) is 65.2 Å². The van der Waals surface area contributed by atoms with Gasteiger partial charge in [-0.25, -0.2) is 4.98 Å². The zero-order chi connectivity index (χ0) is 14.7. The van der Waals surface area contributed by atoms with E-state index in [1.165, 1.54) is 16.9 Å². The second kappa shape index (κ2) is 6.52. The highest BCUT2D eigenvalue weighted by atomic mass is 35.5. The first-order valence-electron chi connectivity index (χ1n) is 6.41. The first kappa shape index (κ1) is 14.4. The van der Waals surface area contributed by atoms with Crippen LogP contribution in [0.15, 0.2) is 58.9 Å². The summed E-state index contributed by atoms with van der Waals surface area (Å²) in [5.74, 6) is 0.859. The molecule has 2 aromatic carbocycles. The maximum absolute atomic E-state index is 6.09. The summed E-state index contributed by atoms with van der Waals surface area (Å²) in [5.41, 5.74) is 9.24. The number of aromatic nitrogens is 1. The quantitative estimate of drug-likeness (QED) is 0.655. The summed E-state index contributed by atoms with van der Waals surface area (Å²) < 4.78 is 0.987. The van der Waals surface area contributed by atoms with Crippen LogP contribution >= 0.6 is 34.7 Å². The molecule has 0 atom stereocenters. The first-order valence-corrected chi connectivity index (χ1v) is 8.59. The predicted octanol–water partition coefficient (Wildman–Crippen LogP) is 5.34. The molecular weight excluding hydrogens is 320 g/mol. The highest BCUT2D eigenvalue weighted by Gasteiger charge is 2.10.